The first-order valence-corrected chi connectivity index (χ1v) is 7.98. The molecule has 1 saturated heterocycles. The van der Waals surface area contributed by atoms with Gasteiger partial charge >= 0.3 is 0 Å². The van der Waals surface area contributed by atoms with E-state index < -0.39 is 0 Å². The Morgan fingerprint density at radius 2 is 1.95 bits per heavy atom. The number of anilines is 1. The van der Waals surface area contributed by atoms with Crippen molar-refractivity contribution < 1.29 is 0 Å². The number of hydrogen-bond acceptors (Lipinski definition) is 4. The van der Waals surface area contributed by atoms with E-state index in [0.29, 0.717) is 12.0 Å². The molecule has 1 fully saturated rings. The fourth-order valence-corrected chi connectivity index (χ4v) is 2.51. The molecule has 1 aliphatic heterocycles. The highest BCUT2D eigenvalue weighted by Crippen LogP contribution is 2.17. The van der Waals surface area contributed by atoms with Gasteiger partial charge in [0.15, 0.2) is 0 Å². The summed E-state index contributed by atoms with van der Waals surface area (Å²) in [7, 11) is 0. The molecule has 2 heterocycles. The Kier molecular flexibility index (Phi) is 5.39. The summed E-state index contributed by atoms with van der Waals surface area (Å²) in [5.41, 5.74) is 1.31. The first kappa shape index (κ1) is 16.0. The maximum Gasteiger partial charge on any atom is 0.268 e. The van der Waals surface area contributed by atoms with Gasteiger partial charge in [0.2, 0.25) is 0 Å². The fourth-order valence-electron chi connectivity index (χ4n) is 2.51. The van der Waals surface area contributed by atoms with Gasteiger partial charge in [0.25, 0.3) is 5.56 Å². The second-order valence-electron chi connectivity index (χ2n) is 7.03. The van der Waals surface area contributed by atoms with E-state index in [1.165, 1.54) is 12.8 Å². The standard InChI is InChI=1S/C16H28N4O/c1-16(2,3)6-7-17-8-11-20-15(21)12-14(13-18-20)19-9-4-5-10-19/h12-13,17H,4-11H2,1-3H3. The zero-order chi connectivity index (χ0) is 15.3. The van der Waals surface area contributed by atoms with E-state index in [1.54, 1.807) is 10.7 Å². The average Bonchev–Trinajstić information content (AvgIpc) is 2.92. The minimum Gasteiger partial charge on any atom is -0.370 e. The minimum absolute atomic E-state index is 0.00276. The van der Waals surface area contributed by atoms with Crippen molar-refractivity contribution in [1.82, 2.24) is 15.1 Å². The van der Waals surface area contributed by atoms with Crippen molar-refractivity contribution in [3.05, 3.63) is 22.6 Å². The Morgan fingerprint density at radius 1 is 1.24 bits per heavy atom. The molecule has 0 bridgehead atoms. The number of nitrogens with one attached hydrogen (secondary N) is 1. The van der Waals surface area contributed by atoms with Gasteiger partial charge in [-0.15, -0.1) is 0 Å². The molecule has 118 valence electrons. The molecule has 0 saturated carbocycles. The average molecular weight is 292 g/mol. The normalized spacial score (nSPS) is 15.7. The number of rotatable bonds is 6. The van der Waals surface area contributed by atoms with Crippen LogP contribution in [0.15, 0.2) is 17.1 Å². The first-order valence-electron chi connectivity index (χ1n) is 7.98. The van der Waals surface area contributed by atoms with E-state index >= 15 is 0 Å². The highest BCUT2D eigenvalue weighted by molar-refractivity contribution is 5.43. The van der Waals surface area contributed by atoms with Crippen molar-refractivity contribution in [1.29, 1.82) is 0 Å². The third-order valence-electron chi connectivity index (χ3n) is 3.88. The van der Waals surface area contributed by atoms with E-state index in [0.717, 1.165) is 38.3 Å². The van der Waals surface area contributed by atoms with Crippen LogP contribution in [0.25, 0.3) is 0 Å². The van der Waals surface area contributed by atoms with Crippen molar-refractivity contribution in [2.75, 3.05) is 31.1 Å². The summed E-state index contributed by atoms with van der Waals surface area (Å²) in [5.74, 6) is 0. The van der Waals surface area contributed by atoms with E-state index in [1.807, 2.05) is 6.20 Å². The SMILES string of the molecule is CC(C)(C)CCNCCn1ncc(N2CCCC2)cc1=O. The smallest absolute Gasteiger partial charge is 0.268 e. The molecule has 21 heavy (non-hydrogen) atoms. The summed E-state index contributed by atoms with van der Waals surface area (Å²) in [4.78, 5) is 14.3. The number of hydrogen-bond donors (Lipinski definition) is 1. The van der Waals surface area contributed by atoms with E-state index in [-0.39, 0.29) is 5.56 Å². The van der Waals surface area contributed by atoms with Gasteiger partial charge in [-0.1, -0.05) is 20.8 Å². The van der Waals surface area contributed by atoms with Crippen LogP contribution in [0.5, 0.6) is 0 Å². The van der Waals surface area contributed by atoms with Crippen LogP contribution in [0.3, 0.4) is 0 Å². The molecule has 1 aromatic rings. The third kappa shape index (κ3) is 5.16. The summed E-state index contributed by atoms with van der Waals surface area (Å²) >= 11 is 0. The molecule has 5 nitrogen and oxygen atoms in total. The molecule has 0 aromatic carbocycles. The maximum atomic E-state index is 12.1. The molecule has 1 aliphatic rings. The van der Waals surface area contributed by atoms with Gasteiger partial charge in [-0.3, -0.25) is 4.79 Å². The molecule has 1 aromatic heterocycles. The monoisotopic (exact) mass is 292 g/mol. The van der Waals surface area contributed by atoms with Crippen molar-refractivity contribution in [3.8, 4) is 0 Å². The zero-order valence-electron chi connectivity index (χ0n) is 13.6. The Bertz CT molecular complexity index is 498. The first-order chi connectivity index (χ1) is 9.96. The zero-order valence-corrected chi connectivity index (χ0v) is 13.6. The summed E-state index contributed by atoms with van der Waals surface area (Å²) < 4.78 is 1.55. The molecule has 1 N–H and O–H groups in total. The Balaban J connectivity index is 1.80. The Hall–Kier alpha value is -1.36. The van der Waals surface area contributed by atoms with E-state index in [2.05, 4.69) is 36.1 Å². The Morgan fingerprint density at radius 3 is 2.57 bits per heavy atom. The molecule has 0 amide bonds. The summed E-state index contributed by atoms with van der Waals surface area (Å²) in [6, 6.07) is 1.72. The topological polar surface area (TPSA) is 50.2 Å². The van der Waals surface area contributed by atoms with Crippen LogP contribution in [0.1, 0.15) is 40.0 Å². The lowest BCUT2D eigenvalue weighted by Crippen LogP contribution is -2.31. The van der Waals surface area contributed by atoms with Gasteiger partial charge < -0.3 is 10.2 Å². The minimum atomic E-state index is -0.00276. The van der Waals surface area contributed by atoms with E-state index in [4.69, 9.17) is 0 Å². The quantitative estimate of drug-likeness (QED) is 0.813. The molecule has 2 rings (SSSR count). The molecule has 5 heteroatoms. The van der Waals surface area contributed by atoms with Crippen molar-refractivity contribution in [2.45, 2.75) is 46.6 Å². The predicted octanol–water partition coefficient (Wildman–Crippen LogP) is 1.87. The molecule has 0 spiro atoms. The predicted molar refractivity (Wildman–Crippen MR) is 86.9 cm³/mol. The van der Waals surface area contributed by atoms with Crippen molar-refractivity contribution in [2.24, 2.45) is 5.41 Å². The van der Waals surface area contributed by atoms with Crippen LogP contribution < -0.4 is 15.8 Å². The lowest BCUT2D eigenvalue weighted by Gasteiger charge is -2.18. The third-order valence-corrected chi connectivity index (χ3v) is 3.88. The van der Waals surface area contributed by atoms with Crippen LogP contribution in [0.4, 0.5) is 5.69 Å². The summed E-state index contributed by atoms with van der Waals surface area (Å²) in [6.45, 7) is 11.2. The lowest BCUT2D eigenvalue weighted by atomic mass is 9.92. The Labute approximate surface area is 127 Å². The molecule has 0 atom stereocenters. The summed E-state index contributed by atoms with van der Waals surface area (Å²) in [6.07, 6.45) is 5.37. The van der Waals surface area contributed by atoms with E-state index in [9.17, 15) is 4.79 Å². The van der Waals surface area contributed by atoms with Crippen LogP contribution in [-0.2, 0) is 6.54 Å². The van der Waals surface area contributed by atoms with Gasteiger partial charge in [-0.05, 0) is 31.2 Å². The maximum absolute atomic E-state index is 12.1. The van der Waals surface area contributed by atoms with Crippen LogP contribution in [-0.4, -0.2) is 36.0 Å². The molecule has 0 unspecified atom stereocenters. The largest absolute Gasteiger partial charge is 0.370 e. The van der Waals surface area contributed by atoms with Gasteiger partial charge in [0.05, 0.1) is 18.4 Å². The van der Waals surface area contributed by atoms with Crippen LogP contribution >= 0.6 is 0 Å². The van der Waals surface area contributed by atoms with Crippen molar-refractivity contribution in [3.63, 3.8) is 0 Å². The second kappa shape index (κ2) is 7.07. The van der Waals surface area contributed by atoms with Gasteiger partial charge in [0, 0.05) is 25.7 Å². The van der Waals surface area contributed by atoms with Gasteiger partial charge in [-0.25, -0.2) is 4.68 Å². The molecular formula is C16H28N4O. The highest BCUT2D eigenvalue weighted by atomic mass is 16.1. The summed E-state index contributed by atoms with van der Waals surface area (Å²) in [5, 5.41) is 7.67. The van der Waals surface area contributed by atoms with Gasteiger partial charge in [0.1, 0.15) is 0 Å². The lowest BCUT2D eigenvalue weighted by molar-refractivity contribution is 0.363. The van der Waals surface area contributed by atoms with Crippen LogP contribution in [0.2, 0.25) is 0 Å². The van der Waals surface area contributed by atoms with Crippen LogP contribution in [0, 0.1) is 5.41 Å². The fraction of sp³-hybridized carbons (Fsp3) is 0.750. The molecule has 0 radical (unpaired) electrons. The second-order valence-corrected chi connectivity index (χ2v) is 7.03. The van der Waals surface area contributed by atoms with Gasteiger partial charge in [-0.2, -0.15) is 5.10 Å². The number of aromatic nitrogens is 2. The highest BCUT2D eigenvalue weighted by Gasteiger charge is 2.13. The molecular weight excluding hydrogens is 264 g/mol. The molecule has 0 aliphatic carbocycles. The number of nitrogens with zero attached hydrogens (tertiary/aromatic N) is 3. The van der Waals surface area contributed by atoms with Crippen molar-refractivity contribution >= 4 is 5.69 Å².